The van der Waals surface area contributed by atoms with E-state index in [1.807, 2.05) is 18.2 Å². The van der Waals surface area contributed by atoms with Crippen molar-refractivity contribution < 1.29 is 8.78 Å². The zero-order chi connectivity index (χ0) is 18.3. The van der Waals surface area contributed by atoms with Crippen LogP contribution in [0.4, 0.5) is 8.78 Å². The zero-order valence-corrected chi connectivity index (χ0v) is 13.9. The molecule has 0 atom stereocenters. The topological polar surface area (TPSA) is 45.8 Å². The summed E-state index contributed by atoms with van der Waals surface area (Å²) in [5.41, 5.74) is 3.30. The van der Waals surface area contributed by atoms with Gasteiger partial charge in [0.05, 0.1) is 11.4 Å². The van der Waals surface area contributed by atoms with Crippen molar-refractivity contribution in [2.75, 3.05) is 0 Å². The molecule has 1 N–H and O–H groups in total. The minimum absolute atomic E-state index is 0.0389. The van der Waals surface area contributed by atoms with Gasteiger partial charge in [0, 0.05) is 39.9 Å². The van der Waals surface area contributed by atoms with Crippen LogP contribution in [0.25, 0.3) is 33.4 Å². The van der Waals surface area contributed by atoms with Crippen molar-refractivity contribution in [3.8, 4) is 22.5 Å². The number of aromatic nitrogens is 2. The van der Waals surface area contributed by atoms with Gasteiger partial charge in [-0.15, -0.1) is 0 Å². The van der Waals surface area contributed by atoms with Crippen LogP contribution in [0.5, 0.6) is 0 Å². The summed E-state index contributed by atoms with van der Waals surface area (Å²) >= 11 is 0. The molecular formula is C21H14F2N2O. The molecule has 0 saturated carbocycles. The van der Waals surface area contributed by atoms with Crippen molar-refractivity contribution in [2.24, 2.45) is 0 Å². The molecule has 0 aliphatic heterocycles. The molecule has 0 saturated heterocycles. The summed E-state index contributed by atoms with van der Waals surface area (Å²) in [6.45, 7) is 1.76. The van der Waals surface area contributed by atoms with E-state index in [-0.39, 0.29) is 11.0 Å². The van der Waals surface area contributed by atoms with Gasteiger partial charge in [-0.05, 0) is 43.3 Å². The maximum Gasteiger partial charge on any atom is 0.192 e. The highest BCUT2D eigenvalue weighted by atomic mass is 19.1. The predicted molar refractivity (Wildman–Crippen MR) is 97.9 cm³/mol. The third-order valence-corrected chi connectivity index (χ3v) is 4.41. The van der Waals surface area contributed by atoms with E-state index < -0.39 is 11.6 Å². The van der Waals surface area contributed by atoms with Crippen LogP contribution in [-0.2, 0) is 0 Å². The molecule has 2 heterocycles. The SMILES string of the molecule is Cc1c(-c2ccc(-c3ccc(F)cc3F)nc2)[nH]c2ccccc2c1=O. The van der Waals surface area contributed by atoms with Gasteiger partial charge in [-0.25, -0.2) is 8.78 Å². The molecule has 0 spiro atoms. The van der Waals surface area contributed by atoms with Gasteiger partial charge in [0.25, 0.3) is 0 Å². The average molecular weight is 348 g/mol. The summed E-state index contributed by atoms with van der Waals surface area (Å²) in [4.78, 5) is 20.1. The first-order chi connectivity index (χ1) is 12.5. The van der Waals surface area contributed by atoms with Gasteiger partial charge in [0.15, 0.2) is 5.43 Å². The number of nitrogens with zero attached hydrogens (tertiary/aromatic N) is 1. The van der Waals surface area contributed by atoms with E-state index in [2.05, 4.69) is 9.97 Å². The van der Waals surface area contributed by atoms with Crippen LogP contribution >= 0.6 is 0 Å². The third-order valence-electron chi connectivity index (χ3n) is 4.41. The van der Waals surface area contributed by atoms with Gasteiger partial charge in [0.2, 0.25) is 0 Å². The first-order valence-corrected chi connectivity index (χ1v) is 8.08. The normalized spacial score (nSPS) is 11.0. The summed E-state index contributed by atoms with van der Waals surface area (Å²) in [6, 6.07) is 14.1. The summed E-state index contributed by atoms with van der Waals surface area (Å²) in [6.07, 6.45) is 1.57. The molecule has 2 aromatic carbocycles. The van der Waals surface area contributed by atoms with Crippen molar-refractivity contribution >= 4 is 10.9 Å². The van der Waals surface area contributed by atoms with E-state index in [9.17, 15) is 13.6 Å². The maximum atomic E-state index is 13.9. The van der Waals surface area contributed by atoms with E-state index in [4.69, 9.17) is 0 Å². The number of nitrogens with one attached hydrogen (secondary N) is 1. The van der Waals surface area contributed by atoms with Crippen LogP contribution in [0.1, 0.15) is 5.56 Å². The van der Waals surface area contributed by atoms with Gasteiger partial charge < -0.3 is 4.98 Å². The molecule has 5 heteroatoms. The largest absolute Gasteiger partial charge is 0.354 e. The maximum absolute atomic E-state index is 13.9. The Labute approximate surface area is 148 Å². The summed E-state index contributed by atoms with van der Waals surface area (Å²) in [7, 11) is 0. The highest BCUT2D eigenvalue weighted by Gasteiger charge is 2.12. The van der Waals surface area contributed by atoms with E-state index >= 15 is 0 Å². The minimum Gasteiger partial charge on any atom is -0.354 e. The van der Waals surface area contributed by atoms with Gasteiger partial charge in [-0.3, -0.25) is 9.78 Å². The molecule has 0 aliphatic rings. The molecule has 0 bridgehead atoms. The van der Waals surface area contributed by atoms with Gasteiger partial charge in [-0.2, -0.15) is 0 Å². The quantitative estimate of drug-likeness (QED) is 0.563. The van der Waals surface area contributed by atoms with Crippen molar-refractivity contribution in [1.82, 2.24) is 9.97 Å². The fraction of sp³-hybridized carbons (Fsp3) is 0.0476. The first kappa shape index (κ1) is 16.1. The summed E-state index contributed by atoms with van der Waals surface area (Å²) in [5, 5.41) is 0.631. The van der Waals surface area contributed by atoms with E-state index in [0.717, 1.165) is 17.1 Å². The number of H-pyrrole nitrogens is 1. The molecule has 0 fully saturated rings. The van der Waals surface area contributed by atoms with Crippen LogP contribution in [0.15, 0.2) is 65.6 Å². The predicted octanol–water partition coefficient (Wildman–Crippen LogP) is 4.84. The van der Waals surface area contributed by atoms with Crippen molar-refractivity contribution in [3.05, 3.63) is 88.2 Å². The number of rotatable bonds is 2. The standard InChI is InChI=1S/C21H14F2N2O/c1-12-20(25-19-5-3-2-4-16(19)21(12)26)13-6-9-18(24-11-13)15-8-7-14(22)10-17(15)23/h2-11H,1H3,(H,25,26). The minimum atomic E-state index is -0.666. The molecule has 4 rings (SSSR count). The summed E-state index contributed by atoms with van der Waals surface area (Å²) in [5.74, 6) is -1.30. The fourth-order valence-electron chi connectivity index (χ4n) is 3.02. The number of benzene rings is 2. The molecule has 0 aliphatic carbocycles. The van der Waals surface area contributed by atoms with Gasteiger partial charge in [-0.1, -0.05) is 12.1 Å². The van der Waals surface area contributed by atoms with Crippen LogP contribution < -0.4 is 5.43 Å². The molecule has 3 nitrogen and oxygen atoms in total. The lowest BCUT2D eigenvalue weighted by atomic mass is 10.0. The molecule has 0 amide bonds. The molecule has 26 heavy (non-hydrogen) atoms. The fourth-order valence-corrected chi connectivity index (χ4v) is 3.02. The van der Waals surface area contributed by atoms with Crippen molar-refractivity contribution in [3.63, 3.8) is 0 Å². The molecule has 0 radical (unpaired) electrons. The Hall–Kier alpha value is -3.34. The molecule has 2 aromatic heterocycles. The molecular weight excluding hydrogens is 334 g/mol. The average Bonchev–Trinajstić information content (AvgIpc) is 2.65. The lowest BCUT2D eigenvalue weighted by Crippen LogP contribution is -2.09. The Bertz CT molecular complexity index is 1180. The third kappa shape index (κ3) is 2.67. The Balaban J connectivity index is 1.81. The second-order valence-corrected chi connectivity index (χ2v) is 6.06. The number of aromatic amines is 1. The number of para-hydroxylation sites is 1. The molecule has 128 valence electrons. The first-order valence-electron chi connectivity index (χ1n) is 8.08. The number of hydrogen-bond acceptors (Lipinski definition) is 2. The number of fused-ring (bicyclic) bond motifs is 1. The van der Waals surface area contributed by atoms with E-state index in [0.29, 0.717) is 22.3 Å². The number of halogens is 2. The highest BCUT2D eigenvalue weighted by Crippen LogP contribution is 2.26. The second-order valence-electron chi connectivity index (χ2n) is 6.06. The smallest absolute Gasteiger partial charge is 0.192 e. The van der Waals surface area contributed by atoms with Crippen LogP contribution in [-0.4, -0.2) is 9.97 Å². The van der Waals surface area contributed by atoms with Crippen LogP contribution in [0.2, 0.25) is 0 Å². The van der Waals surface area contributed by atoms with E-state index in [1.54, 1.807) is 31.3 Å². The second kappa shape index (κ2) is 6.19. The number of pyridine rings is 2. The van der Waals surface area contributed by atoms with Crippen molar-refractivity contribution in [2.45, 2.75) is 6.92 Å². The molecule has 4 aromatic rings. The Morgan fingerprint density at radius 1 is 1.00 bits per heavy atom. The Morgan fingerprint density at radius 3 is 2.54 bits per heavy atom. The highest BCUT2D eigenvalue weighted by molar-refractivity contribution is 5.83. The van der Waals surface area contributed by atoms with Gasteiger partial charge >= 0.3 is 0 Å². The van der Waals surface area contributed by atoms with E-state index in [1.165, 1.54) is 12.1 Å². The Morgan fingerprint density at radius 2 is 1.81 bits per heavy atom. The number of hydrogen-bond donors (Lipinski definition) is 1. The van der Waals surface area contributed by atoms with Crippen molar-refractivity contribution in [1.29, 1.82) is 0 Å². The summed E-state index contributed by atoms with van der Waals surface area (Å²) < 4.78 is 27.0. The lowest BCUT2D eigenvalue weighted by molar-refractivity contribution is 0.585. The van der Waals surface area contributed by atoms with Crippen LogP contribution in [0, 0.1) is 18.6 Å². The Kier molecular flexibility index (Phi) is 3.84. The van der Waals surface area contributed by atoms with Gasteiger partial charge in [0.1, 0.15) is 11.6 Å². The zero-order valence-electron chi connectivity index (χ0n) is 13.9. The van der Waals surface area contributed by atoms with Crippen LogP contribution in [0.3, 0.4) is 0 Å². The monoisotopic (exact) mass is 348 g/mol. The lowest BCUT2D eigenvalue weighted by Gasteiger charge is -2.09. The molecule has 0 unspecified atom stereocenters.